The first kappa shape index (κ1) is 13.5. The van der Waals surface area contributed by atoms with Crippen molar-refractivity contribution in [2.24, 2.45) is 7.05 Å². The van der Waals surface area contributed by atoms with Gasteiger partial charge in [0.2, 0.25) is 0 Å². The molecule has 0 unspecified atom stereocenters. The number of hydrazine groups is 1. The van der Waals surface area contributed by atoms with Crippen LogP contribution in [0.2, 0.25) is 0 Å². The van der Waals surface area contributed by atoms with Crippen LogP contribution in [0, 0.1) is 6.92 Å². The number of sulfonamides is 1. The summed E-state index contributed by atoms with van der Waals surface area (Å²) in [4.78, 5) is 2.58. The zero-order valence-electron chi connectivity index (χ0n) is 10.8. The molecular formula is C13H16N3O2S+. The van der Waals surface area contributed by atoms with Gasteiger partial charge in [-0.05, 0) is 25.1 Å². The number of aryl methyl sites for hydroxylation is 2. The number of nitrogens with one attached hydrogen (secondary N) is 2. The SMILES string of the molecule is Cc1ccc(S(=O)(=O)NNc2cccc[n+]2C)cc1. The maximum Gasteiger partial charge on any atom is 0.293 e. The summed E-state index contributed by atoms with van der Waals surface area (Å²) < 4.78 is 25.9. The van der Waals surface area contributed by atoms with Crippen LogP contribution in [0.15, 0.2) is 53.6 Å². The van der Waals surface area contributed by atoms with E-state index in [1.54, 1.807) is 34.9 Å². The van der Waals surface area contributed by atoms with E-state index in [0.29, 0.717) is 5.82 Å². The Labute approximate surface area is 112 Å². The fraction of sp³-hybridized carbons (Fsp3) is 0.154. The number of pyridine rings is 1. The molecule has 0 spiro atoms. The second-order valence-electron chi connectivity index (χ2n) is 4.24. The van der Waals surface area contributed by atoms with E-state index in [-0.39, 0.29) is 4.90 Å². The monoisotopic (exact) mass is 278 g/mol. The minimum Gasteiger partial charge on any atom is -0.236 e. The van der Waals surface area contributed by atoms with E-state index in [9.17, 15) is 8.42 Å². The van der Waals surface area contributed by atoms with Crippen LogP contribution in [0.1, 0.15) is 5.56 Å². The molecule has 0 saturated carbocycles. The zero-order valence-corrected chi connectivity index (χ0v) is 11.6. The molecule has 0 bridgehead atoms. The molecule has 0 aliphatic rings. The lowest BCUT2D eigenvalue weighted by atomic mass is 10.2. The molecule has 2 N–H and O–H groups in total. The highest BCUT2D eigenvalue weighted by molar-refractivity contribution is 7.89. The smallest absolute Gasteiger partial charge is 0.236 e. The van der Waals surface area contributed by atoms with Gasteiger partial charge in [-0.1, -0.05) is 28.6 Å². The van der Waals surface area contributed by atoms with Gasteiger partial charge >= 0.3 is 0 Å². The van der Waals surface area contributed by atoms with Crippen LogP contribution in [0.3, 0.4) is 0 Å². The van der Waals surface area contributed by atoms with Gasteiger partial charge in [-0.2, -0.15) is 5.43 Å². The van der Waals surface area contributed by atoms with Gasteiger partial charge < -0.3 is 0 Å². The zero-order chi connectivity index (χ0) is 13.9. The Bertz CT molecular complexity index is 667. The Morgan fingerprint density at radius 1 is 1.05 bits per heavy atom. The third-order valence-electron chi connectivity index (χ3n) is 2.70. The van der Waals surface area contributed by atoms with Crippen LogP contribution in [0.25, 0.3) is 0 Å². The molecule has 100 valence electrons. The third-order valence-corrected chi connectivity index (χ3v) is 3.96. The lowest BCUT2D eigenvalue weighted by Crippen LogP contribution is -2.38. The molecule has 0 aliphatic heterocycles. The number of rotatable bonds is 4. The summed E-state index contributed by atoms with van der Waals surface area (Å²) in [6.07, 6.45) is 1.82. The van der Waals surface area contributed by atoms with E-state index in [0.717, 1.165) is 5.56 Å². The lowest BCUT2D eigenvalue weighted by Gasteiger charge is -2.05. The molecule has 0 saturated heterocycles. The Morgan fingerprint density at radius 3 is 2.37 bits per heavy atom. The Kier molecular flexibility index (Phi) is 3.82. The molecule has 2 rings (SSSR count). The number of aromatic nitrogens is 1. The Balaban J connectivity index is 2.14. The molecule has 1 heterocycles. The normalized spacial score (nSPS) is 11.3. The second-order valence-corrected chi connectivity index (χ2v) is 5.92. The van der Waals surface area contributed by atoms with E-state index in [2.05, 4.69) is 10.3 Å². The molecule has 0 radical (unpaired) electrons. The largest absolute Gasteiger partial charge is 0.293 e. The lowest BCUT2D eigenvalue weighted by molar-refractivity contribution is -0.657. The summed E-state index contributed by atoms with van der Waals surface area (Å²) in [7, 11) is -1.74. The summed E-state index contributed by atoms with van der Waals surface area (Å²) in [5.74, 6) is 0.651. The fourth-order valence-electron chi connectivity index (χ4n) is 1.55. The molecule has 6 heteroatoms. The van der Waals surface area contributed by atoms with E-state index >= 15 is 0 Å². The minimum atomic E-state index is -3.57. The molecule has 2 aromatic rings. The molecule has 1 aromatic heterocycles. The van der Waals surface area contributed by atoms with Crippen molar-refractivity contribution in [2.45, 2.75) is 11.8 Å². The van der Waals surface area contributed by atoms with Gasteiger partial charge in [0.05, 0.1) is 18.1 Å². The topological polar surface area (TPSA) is 62.1 Å². The van der Waals surface area contributed by atoms with Gasteiger partial charge in [-0.25, -0.2) is 13.0 Å². The van der Waals surface area contributed by atoms with Gasteiger partial charge in [0.1, 0.15) is 0 Å². The first-order chi connectivity index (χ1) is 8.99. The predicted octanol–water partition coefficient (Wildman–Crippen LogP) is 1.12. The van der Waals surface area contributed by atoms with Gasteiger partial charge in [0, 0.05) is 6.07 Å². The number of hydrogen-bond donors (Lipinski definition) is 2. The van der Waals surface area contributed by atoms with E-state index in [4.69, 9.17) is 0 Å². The molecule has 0 amide bonds. The summed E-state index contributed by atoms with van der Waals surface area (Å²) in [6.45, 7) is 1.91. The predicted molar refractivity (Wildman–Crippen MR) is 72.7 cm³/mol. The molecule has 0 fully saturated rings. The first-order valence-electron chi connectivity index (χ1n) is 5.78. The van der Waals surface area contributed by atoms with Crippen molar-refractivity contribution < 1.29 is 13.0 Å². The van der Waals surface area contributed by atoms with Gasteiger partial charge in [0.15, 0.2) is 0 Å². The van der Waals surface area contributed by atoms with E-state index < -0.39 is 10.0 Å². The maximum absolute atomic E-state index is 12.0. The van der Waals surface area contributed by atoms with Crippen LogP contribution in [0.5, 0.6) is 0 Å². The maximum atomic E-state index is 12.0. The first-order valence-corrected chi connectivity index (χ1v) is 7.26. The van der Waals surface area contributed by atoms with Crippen molar-refractivity contribution in [2.75, 3.05) is 5.43 Å². The van der Waals surface area contributed by atoms with Crippen LogP contribution in [-0.4, -0.2) is 8.42 Å². The quantitative estimate of drug-likeness (QED) is 0.651. The van der Waals surface area contributed by atoms with Crippen molar-refractivity contribution >= 4 is 15.8 Å². The van der Waals surface area contributed by atoms with Crippen LogP contribution < -0.4 is 14.8 Å². The number of nitrogens with zero attached hydrogens (tertiary/aromatic N) is 1. The Morgan fingerprint density at radius 2 is 1.74 bits per heavy atom. The van der Waals surface area contributed by atoms with Crippen molar-refractivity contribution in [3.8, 4) is 0 Å². The average molecular weight is 278 g/mol. The fourth-order valence-corrected chi connectivity index (χ4v) is 2.40. The highest BCUT2D eigenvalue weighted by atomic mass is 32.2. The van der Waals surface area contributed by atoms with Gasteiger partial charge in [-0.15, -0.1) is 0 Å². The highest BCUT2D eigenvalue weighted by Gasteiger charge is 2.16. The van der Waals surface area contributed by atoms with Gasteiger partial charge in [0.25, 0.3) is 15.8 Å². The van der Waals surface area contributed by atoms with Crippen molar-refractivity contribution in [3.05, 3.63) is 54.2 Å². The van der Waals surface area contributed by atoms with Crippen LogP contribution >= 0.6 is 0 Å². The van der Waals surface area contributed by atoms with E-state index in [1.165, 1.54) is 0 Å². The standard InChI is InChI=1S/C13H15N3O2S/c1-11-6-8-12(9-7-11)19(17,18)15-14-13-5-3-4-10-16(13)2/h3-10,15H,1-2H3/p+1. The van der Waals surface area contributed by atoms with Gasteiger partial charge in [-0.3, -0.25) is 0 Å². The van der Waals surface area contributed by atoms with Crippen LogP contribution in [0.4, 0.5) is 5.82 Å². The summed E-state index contributed by atoms with van der Waals surface area (Å²) in [5, 5.41) is 0. The summed E-state index contributed by atoms with van der Waals surface area (Å²) in [5.41, 5.74) is 3.71. The third kappa shape index (κ3) is 3.30. The minimum absolute atomic E-state index is 0.226. The molecular weight excluding hydrogens is 262 g/mol. The highest BCUT2D eigenvalue weighted by Crippen LogP contribution is 2.09. The molecule has 1 aromatic carbocycles. The summed E-state index contributed by atoms with van der Waals surface area (Å²) in [6, 6.07) is 12.1. The van der Waals surface area contributed by atoms with E-state index in [1.807, 2.05) is 32.3 Å². The van der Waals surface area contributed by atoms with Crippen molar-refractivity contribution in [1.29, 1.82) is 0 Å². The number of anilines is 1. The number of hydrogen-bond acceptors (Lipinski definition) is 3. The van der Waals surface area contributed by atoms with Crippen LogP contribution in [-0.2, 0) is 17.1 Å². The summed E-state index contributed by atoms with van der Waals surface area (Å²) >= 11 is 0. The molecule has 19 heavy (non-hydrogen) atoms. The average Bonchev–Trinajstić information content (AvgIpc) is 2.38. The Hall–Kier alpha value is -1.92. The van der Waals surface area contributed by atoms with Crippen molar-refractivity contribution in [3.63, 3.8) is 0 Å². The number of benzene rings is 1. The molecule has 0 atom stereocenters. The molecule has 5 nitrogen and oxygen atoms in total. The second kappa shape index (κ2) is 5.38. The van der Waals surface area contributed by atoms with Crippen molar-refractivity contribution in [1.82, 2.24) is 4.83 Å². The molecule has 0 aliphatic carbocycles.